The van der Waals surface area contributed by atoms with E-state index in [4.69, 9.17) is 4.98 Å². The highest BCUT2D eigenvalue weighted by Crippen LogP contribution is 2.32. The fourth-order valence-corrected chi connectivity index (χ4v) is 6.13. The molecule has 4 aromatic rings. The molecule has 2 aromatic carbocycles. The van der Waals surface area contributed by atoms with Crippen molar-refractivity contribution in [2.75, 3.05) is 11.5 Å². The van der Waals surface area contributed by atoms with Crippen molar-refractivity contribution in [2.24, 2.45) is 0 Å². The van der Waals surface area contributed by atoms with Gasteiger partial charge in [0.05, 0.1) is 39.9 Å². The number of nitrogens with one attached hydrogen (secondary N) is 1. The Morgan fingerprint density at radius 2 is 1.83 bits per heavy atom. The summed E-state index contributed by atoms with van der Waals surface area (Å²) in [7, 11) is -3.18. The monoisotopic (exact) mass is 496 g/mol. The summed E-state index contributed by atoms with van der Waals surface area (Å²) in [5.41, 5.74) is 2.18. The molecule has 1 atom stereocenters. The number of aryl methyl sites for hydroxylation is 1. The highest BCUT2D eigenvalue weighted by atomic mass is 32.2. The molecule has 0 bridgehead atoms. The Morgan fingerprint density at radius 3 is 2.49 bits per heavy atom. The third-order valence-corrected chi connectivity index (χ3v) is 7.94. The normalized spacial score (nSPS) is 17.1. The zero-order valence-electron chi connectivity index (χ0n) is 18.8. The number of hydrogen-bond donors (Lipinski definition) is 1. The van der Waals surface area contributed by atoms with Crippen molar-refractivity contribution in [1.29, 1.82) is 0 Å². The Bertz CT molecular complexity index is 1530. The number of benzene rings is 2. The number of halogens is 2. The lowest BCUT2D eigenvalue weighted by molar-refractivity contribution is 0.0952. The van der Waals surface area contributed by atoms with Crippen molar-refractivity contribution in [1.82, 2.24) is 20.1 Å². The largest absolute Gasteiger partial charge is 0.348 e. The van der Waals surface area contributed by atoms with E-state index in [1.165, 1.54) is 6.07 Å². The van der Waals surface area contributed by atoms with Crippen LogP contribution < -0.4 is 5.32 Å². The maximum Gasteiger partial charge on any atom is 0.252 e. The van der Waals surface area contributed by atoms with Gasteiger partial charge in [-0.2, -0.15) is 5.10 Å². The van der Waals surface area contributed by atoms with Gasteiger partial charge in [-0.25, -0.2) is 26.9 Å². The Hall–Kier alpha value is -3.66. The zero-order chi connectivity index (χ0) is 24.7. The van der Waals surface area contributed by atoms with Gasteiger partial charge in [-0.3, -0.25) is 4.79 Å². The van der Waals surface area contributed by atoms with Gasteiger partial charge in [0.1, 0.15) is 11.6 Å². The number of amides is 1. The molecule has 1 aliphatic heterocycles. The summed E-state index contributed by atoms with van der Waals surface area (Å²) in [6, 6.07) is 14.0. The van der Waals surface area contributed by atoms with Crippen molar-refractivity contribution in [3.05, 3.63) is 83.1 Å². The van der Waals surface area contributed by atoms with E-state index < -0.39 is 33.4 Å². The van der Waals surface area contributed by atoms with Gasteiger partial charge >= 0.3 is 0 Å². The second kappa shape index (κ2) is 8.84. The fourth-order valence-electron chi connectivity index (χ4n) is 4.44. The quantitative estimate of drug-likeness (QED) is 0.451. The van der Waals surface area contributed by atoms with E-state index in [9.17, 15) is 22.0 Å². The lowest BCUT2D eigenvalue weighted by Crippen LogP contribution is -2.24. The third-order valence-electron chi connectivity index (χ3n) is 6.19. The van der Waals surface area contributed by atoms with Crippen molar-refractivity contribution in [3.63, 3.8) is 0 Å². The number of sulfone groups is 1. The van der Waals surface area contributed by atoms with E-state index in [0.29, 0.717) is 28.8 Å². The number of rotatable bonds is 5. The Morgan fingerprint density at radius 1 is 1.11 bits per heavy atom. The SMILES string of the molecule is Cc1nn(C2CCS(=O)(=O)C2)c2nc(-c3ccccc3)cc(C(=O)NCc3c(F)cccc3F)c12. The van der Waals surface area contributed by atoms with Crippen LogP contribution in [0.2, 0.25) is 0 Å². The Balaban J connectivity index is 1.61. The number of carbonyl (C=O) groups is 1. The number of nitrogens with zero attached hydrogens (tertiary/aromatic N) is 3. The molecule has 1 saturated heterocycles. The molecule has 5 rings (SSSR count). The average Bonchev–Trinajstić information content (AvgIpc) is 3.37. The van der Waals surface area contributed by atoms with Gasteiger partial charge in [0.25, 0.3) is 5.91 Å². The van der Waals surface area contributed by atoms with Crippen LogP contribution in [0.15, 0.2) is 54.6 Å². The first-order valence-electron chi connectivity index (χ1n) is 11.1. The van der Waals surface area contributed by atoms with Crippen molar-refractivity contribution in [2.45, 2.75) is 25.9 Å². The minimum Gasteiger partial charge on any atom is -0.348 e. The standard InChI is InChI=1S/C25H22F2N4O3S/c1-15-23-18(25(32)28-13-19-20(26)8-5-9-21(19)27)12-22(16-6-3-2-4-7-16)29-24(23)31(30-15)17-10-11-35(33,34)14-17/h2-9,12,17H,10-11,13-14H2,1H3,(H,28,32). The summed E-state index contributed by atoms with van der Waals surface area (Å²) < 4.78 is 54.0. The summed E-state index contributed by atoms with van der Waals surface area (Å²) in [5.74, 6) is -2.02. The number of pyridine rings is 1. The molecule has 2 aromatic heterocycles. The highest BCUT2D eigenvalue weighted by Gasteiger charge is 2.32. The van der Waals surface area contributed by atoms with Gasteiger partial charge < -0.3 is 5.32 Å². The summed E-state index contributed by atoms with van der Waals surface area (Å²) in [4.78, 5) is 18.1. The first kappa shape index (κ1) is 23.1. The second-order valence-corrected chi connectivity index (χ2v) is 10.8. The predicted molar refractivity (Wildman–Crippen MR) is 128 cm³/mol. The first-order chi connectivity index (χ1) is 16.7. The average molecular weight is 497 g/mol. The van der Waals surface area contributed by atoms with Crippen LogP contribution in [0.25, 0.3) is 22.3 Å². The molecule has 1 fully saturated rings. The molecule has 0 spiro atoms. The van der Waals surface area contributed by atoms with E-state index in [-0.39, 0.29) is 29.2 Å². The summed E-state index contributed by atoms with van der Waals surface area (Å²) in [5, 5.41) is 7.63. The van der Waals surface area contributed by atoms with Gasteiger partial charge in [0.2, 0.25) is 0 Å². The molecule has 7 nitrogen and oxygen atoms in total. The van der Waals surface area contributed by atoms with Gasteiger partial charge in [0.15, 0.2) is 15.5 Å². The summed E-state index contributed by atoms with van der Waals surface area (Å²) >= 11 is 0. The van der Waals surface area contributed by atoms with Crippen LogP contribution in [0.3, 0.4) is 0 Å². The Kier molecular flexibility index (Phi) is 5.84. The number of carbonyl (C=O) groups excluding carboxylic acids is 1. The maximum atomic E-state index is 14.1. The van der Waals surface area contributed by atoms with Gasteiger partial charge in [-0.1, -0.05) is 36.4 Å². The molecule has 180 valence electrons. The summed E-state index contributed by atoms with van der Waals surface area (Å²) in [6.45, 7) is 1.38. The second-order valence-electron chi connectivity index (χ2n) is 8.59. The predicted octanol–water partition coefficient (Wildman–Crippen LogP) is 3.97. The van der Waals surface area contributed by atoms with E-state index >= 15 is 0 Å². The van der Waals surface area contributed by atoms with Crippen LogP contribution in [0.5, 0.6) is 0 Å². The molecule has 0 aliphatic carbocycles. The number of hydrogen-bond acceptors (Lipinski definition) is 5. The van der Waals surface area contributed by atoms with Crippen molar-refractivity contribution < 1.29 is 22.0 Å². The number of fused-ring (bicyclic) bond motifs is 1. The van der Waals surface area contributed by atoms with Crippen molar-refractivity contribution >= 4 is 26.8 Å². The van der Waals surface area contributed by atoms with E-state index in [1.54, 1.807) is 17.7 Å². The topological polar surface area (TPSA) is 93.9 Å². The van der Waals surface area contributed by atoms with Crippen LogP contribution in [-0.2, 0) is 16.4 Å². The van der Waals surface area contributed by atoms with Crippen molar-refractivity contribution in [3.8, 4) is 11.3 Å². The number of aromatic nitrogens is 3. The van der Waals surface area contributed by atoms with E-state index in [0.717, 1.165) is 17.7 Å². The minimum atomic E-state index is -3.18. The molecule has 0 radical (unpaired) electrons. The molecule has 1 N–H and O–H groups in total. The zero-order valence-corrected chi connectivity index (χ0v) is 19.6. The molecule has 10 heteroatoms. The maximum absolute atomic E-state index is 14.1. The molecule has 1 aliphatic rings. The minimum absolute atomic E-state index is 0.0471. The van der Waals surface area contributed by atoms with Crippen LogP contribution in [0.4, 0.5) is 8.78 Å². The van der Waals surface area contributed by atoms with Gasteiger partial charge in [0, 0.05) is 17.7 Å². The molecule has 0 saturated carbocycles. The summed E-state index contributed by atoms with van der Waals surface area (Å²) in [6.07, 6.45) is 0.407. The Labute approximate surface area is 200 Å². The fraction of sp³-hybridized carbons (Fsp3) is 0.240. The first-order valence-corrected chi connectivity index (χ1v) is 12.9. The highest BCUT2D eigenvalue weighted by molar-refractivity contribution is 7.91. The molecule has 35 heavy (non-hydrogen) atoms. The van der Waals surface area contributed by atoms with Gasteiger partial charge in [-0.05, 0) is 31.5 Å². The lowest BCUT2D eigenvalue weighted by atomic mass is 10.0. The molecular formula is C25H22F2N4O3S. The van der Waals surface area contributed by atoms with Crippen LogP contribution >= 0.6 is 0 Å². The molecule has 1 unspecified atom stereocenters. The third kappa shape index (κ3) is 4.41. The lowest BCUT2D eigenvalue weighted by Gasteiger charge is -2.13. The van der Waals surface area contributed by atoms with E-state index in [1.807, 2.05) is 30.3 Å². The molecular weight excluding hydrogens is 474 g/mol. The van der Waals surface area contributed by atoms with Crippen LogP contribution in [-0.4, -0.2) is 40.6 Å². The van der Waals surface area contributed by atoms with Crippen LogP contribution in [0, 0.1) is 18.6 Å². The van der Waals surface area contributed by atoms with E-state index in [2.05, 4.69) is 10.4 Å². The molecule has 3 heterocycles. The molecule has 1 amide bonds. The van der Waals surface area contributed by atoms with Crippen LogP contribution in [0.1, 0.15) is 34.1 Å². The smallest absolute Gasteiger partial charge is 0.252 e. The van der Waals surface area contributed by atoms with Gasteiger partial charge in [-0.15, -0.1) is 0 Å².